The average Bonchev–Trinajstić information content (AvgIpc) is 3.01. The predicted octanol–water partition coefficient (Wildman–Crippen LogP) is 4.84. The van der Waals surface area contributed by atoms with Crippen molar-refractivity contribution in [1.29, 1.82) is 0 Å². The van der Waals surface area contributed by atoms with Gasteiger partial charge in [-0.15, -0.1) is 0 Å². The van der Waals surface area contributed by atoms with Crippen LogP contribution < -0.4 is 0 Å². The van der Waals surface area contributed by atoms with Crippen molar-refractivity contribution in [2.24, 2.45) is 52.3 Å². The number of hydrogen-bond donors (Lipinski definition) is 2. The zero-order valence-electron chi connectivity index (χ0n) is 18.5. The molecule has 0 aromatic rings. The molecule has 4 saturated carbocycles. The van der Waals surface area contributed by atoms with Gasteiger partial charge in [0, 0.05) is 18.4 Å². The third-order valence-electron chi connectivity index (χ3n) is 10.5. The smallest absolute Gasteiger partial charge is 0.139 e. The summed E-state index contributed by atoms with van der Waals surface area (Å²) in [6, 6.07) is 0. The molecule has 0 amide bonds. The highest BCUT2D eigenvalue weighted by atomic mass is 16.3. The first kappa shape index (κ1) is 20.8. The molecule has 3 nitrogen and oxygen atoms in total. The lowest BCUT2D eigenvalue weighted by Crippen LogP contribution is -2.60. The van der Waals surface area contributed by atoms with Gasteiger partial charge < -0.3 is 10.2 Å². The van der Waals surface area contributed by atoms with E-state index in [-0.39, 0.29) is 35.4 Å². The summed E-state index contributed by atoms with van der Waals surface area (Å²) in [5, 5.41) is 19.8. The van der Waals surface area contributed by atoms with E-state index in [0.29, 0.717) is 35.4 Å². The normalized spacial score (nSPS) is 51.9. The van der Waals surface area contributed by atoms with Crippen LogP contribution in [0.15, 0.2) is 0 Å². The van der Waals surface area contributed by atoms with Crippen molar-refractivity contribution >= 4 is 5.78 Å². The van der Waals surface area contributed by atoms with E-state index in [1.807, 2.05) is 0 Å². The van der Waals surface area contributed by atoms with Gasteiger partial charge in [-0.2, -0.15) is 0 Å². The minimum atomic E-state index is -0.208. The zero-order valence-corrected chi connectivity index (χ0v) is 18.5. The molecule has 0 aromatic carbocycles. The van der Waals surface area contributed by atoms with E-state index < -0.39 is 0 Å². The minimum Gasteiger partial charge on any atom is -0.396 e. The van der Waals surface area contributed by atoms with Crippen LogP contribution in [-0.4, -0.2) is 28.7 Å². The van der Waals surface area contributed by atoms with Crippen molar-refractivity contribution < 1.29 is 15.0 Å². The molecule has 3 heteroatoms. The lowest BCUT2D eigenvalue weighted by molar-refractivity contribution is -0.173. The number of rotatable bonds is 4. The second-order valence-corrected chi connectivity index (χ2v) is 11.4. The molecule has 4 aliphatic rings. The highest BCUT2D eigenvalue weighted by molar-refractivity contribution is 5.86. The number of ketones is 1. The maximum Gasteiger partial charge on any atom is 0.139 e. The van der Waals surface area contributed by atoms with Crippen LogP contribution in [0, 0.1) is 52.3 Å². The van der Waals surface area contributed by atoms with Gasteiger partial charge in [0.25, 0.3) is 0 Å². The lowest BCUT2D eigenvalue weighted by atomic mass is 9.42. The van der Waals surface area contributed by atoms with E-state index >= 15 is 0 Å². The number of carbonyl (C=O) groups excluding carboxylic acids is 1. The van der Waals surface area contributed by atoms with Gasteiger partial charge in [-0.05, 0) is 98.2 Å². The minimum absolute atomic E-state index is 0.150. The van der Waals surface area contributed by atoms with Crippen LogP contribution in [0.25, 0.3) is 0 Å². The van der Waals surface area contributed by atoms with E-state index in [1.165, 1.54) is 25.7 Å². The topological polar surface area (TPSA) is 57.5 Å². The van der Waals surface area contributed by atoms with Crippen LogP contribution in [0.3, 0.4) is 0 Å². The van der Waals surface area contributed by atoms with Gasteiger partial charge in [0.1, 0.15) is 5.78 Å². The van der Waals surface area contributed by atoms with Crippen molar-refractivity contribution in [1.82, 2.24) is 0 Å². The Morgan fingerprint density at radius 3 is 2.39 bits per heavy atom. The van der Waals surface area contributed by atoms with Crippen molar-refractivity contribution in [3.05, 3.63) is 0 Å². The number of fused-ring (bicyclic) bond motifs is 5. The Bertz CT molecular complexity index is 603. The number of carbonyl (C=O) groups is 1. The first-order valence-electron chi connectivity index (χ1n) is 12.1. The van der Waals surface area contributed by atoms with E-state index in [4.69, 9.17) is 0 Å². The fraction of sp³-hybridized carbons (Fsp3) is 0.960. The van der Waals surface area contributed by atoms with E-state index in [2.05, 4.69) is 27.7 Å². The molecule has 4 rings (SSSR count). The maximum atomic E-state index is 13.9. The molecular weight excluding hydrogens is 348 g/mol. The fourth-order valence-electron chi connectivity index (χ4n) is 9.02. The number of aliphatic hydroxyl groups excluding tert-OH is 2. The summed E-state index contributed by atoms with van der Waals surface area (Å²) in [6.07, 6.45) is 9.32. The SMILES string of the molecule is CC[C@@H]1C(=O)[C@@H]2[C@H](CC[C@]3(C)[C@@H]([C@H](C)CCO)CC[C@@H]23)[C@@]2(C)CC[C@@H](O)C[C@@H]12. The second kappa shape index (κ2) is 7.38. The molecule has 10 atom stereocenters. The Balaban J connectivity index is 1.68. The Morgan fingerprint density at radius 1 is 1.04 bits per heavy atom. The molecule has 28 heavy (non-hydrogen) atoms. The number of Topliss-reactive ketones (excluding diaryl/α,β-unsaturated/α-hetero) is 1. The molecule has 4 aliphatic carbocycles. The highest BCUT2D eigenvalue weighted by Crippen LogP contribution is 2.68. The maximum absolute atomic E-state index is 13.9. The molecule has 0 bridgehead atoms. The Labute approximate surface area is 171 Å². The molecule has 0 radical (unpaired) electrons. The third kappa shape index (κ3) is 2.86. The van der Waals surface area contributed by atoms with Crippen LogP contribution >= 0.6 is 0 Å². The quantitative estimate of drug-likeness (QED) is 0.722. The van der Waals surface area contributed by atoms with Gasteiger partial charge in [-0.3, -0.25) is 4.79 Å². The van der Waals surface area contributed by atoms with Gasteiger partial charge in [-0.25, -0.2) is 0 Å². The standard InChI is InChI=1S/C25H42O3/c1-5-17-21-14-16(27)8-11-25(21,4)20-9-12-24(3)18(15(2)10-13-26)6-7-19(24)22(20)23(17)28/h15-22,26-27H,5-14H2,1-4H3/t15-,16-,17+,18-,19+,20+,21+,22+,24-,25-/m1/s1. The van der Waals surface area contributed by atoms with Crippen LogP contribution in [0.2, 0.25) is 0 Å². The van der Waals surface area contributed by atoms with Crippen molar-refractivity contribution in [2.45, 2.75) is 91.6 Å². The Morgan fingerprint density at radius 2 is 1.71 bits per heavy atom. The first-order valence-corrected chi connectivity index (χ1v) is 12.1. The molecule has 0 aromatic heterocycles. The summed E-state index contributed by atoms with van der Waals surface area (Å²) in [5.41, 5.74) is 0.496. The Hall–Kier alpha value is -0.410. The van der Waals surface area contributed by atoms with E-state index in [1.54, 1.807) is 0 Å². The third-order valence-corrected chi connectivity index (χ3v) is 10.5. The van der Waals surface area contributed by atoms with Gasteiger partial charge in [0.05, 0.1) is 6.10 Å². The zero-order chi connectivity index (χ0) is 20.3. The van der Waals surface area contributed by atoms with Crippen LogP contribution in [-0.2, 0) is 4.79 Å². The molecule has 0 saturated heterocycles. The molecule has 0 spiro atoms. The molecule has 0 heterocycles. The van der Waals surface area contributed by atoms with Crippen LogP contribution in [0.5, 0.6) is 0 Å². The number of aliphatic hydroxyl groups is 2. The summed E-state index contributed by atoms with van der Waals surface area (Å²) in [5.74, 6) is 3.57. The number of hydrogen-bond acceptors (Lipinski definition) is 3. The van der Waals surface area contributed by atoms with Gasteiger partial charge in [0.2, 0.25) is 0 Å². The van der Waals surface area contributed by atoms with Gasteiger partial charge >= 0.3 is 0 Å². The molecule has 2 N–H and O–H groups in total. The van der Waals surface area contributed by atoms with Gasteiger partial charge in [0.15, 0.2) is 0 Å². The first-order chi connectivity index (χ1) is 13.3. The van der Waals surface area contributed by atoms with E-state index in [9.17, 15) is 15.0 Å². The molecule has 4 fully saturated rings. The summed E-state index contributed by atoms with van der Waals surface area (Å²) < 4.78 is 0. The van der Waals surface area contributed by atoms with Crippen molar-refractivity contribution in [2.75, 3.05) is 6.61 Å². The summed E-state index contributed by atoms with van der Waals surface area (Å²) in [6.45, 7) is 9.74. The van der Waals surface area contributed by atoms with E-state index in [0.717, 1.165) is 32.1 Å². The fourth-order valence-corrected chi connectivity index (χ4v) is 9.02. The second-order valence-electron chi connectivity index (χ2n) is 11.4. The molecular formula is C25H42O3. The molecule has 0 aliphatic heterocycles. The van der Waals surface area contributed by atoms with Crippen LogP contribution in [0.1, 0.15) is 85.5 Å². The summed E-state index contributed by atoms with van der Waals surface area (Å²) in [4.78, 5) is 13.9. The predicted molar refractivity (Wildman–Crippen MR) is 112 cm³/mol. The summed E-state index contributed by atoms with van der Waals surface area (Å²) >= 11 is 0. The lowest BCUT2D eigenvalue weighted by Gasteiger charge is -2.62. The Kier molecular flexibility index (Phi) is 5.49. The van der Waals surface area contributed by atoms with Crippen molar-refractivity contribution in [3.8, 4) is 0 Å². The molecule has 0 unspecified atom stereocenters. The van der Waals surface area contributed by atoms with Crippen molar-refractivity contribution in [3.63, 3.8) is 0 Å². The van der Waals surface area contributed by atoms with Crippen LogP contribution in [0.4, 0.5) is 0 Å². The largest absolute Gasteiger partial charge is 0.396 e. The molecule has 160 valence electrons. The highest BCUT2D eigenvalue weighted by Gasteiger charge is 2.64. The van der Waals surface area contributed by atoms with Gasteiger partial charge in [-0.1, -0.05) is 27.7 Å². The monoisotopic (exact) mass is 390 g/mol. The summed E-state index contributed by atoms with van der Waals surface area (Å²) in [7, 11) is 0. The average molecular weight is 391 g/mol.